The van der Waals surface area contributed by atoms with Crippen molar-refractivity contribution in [2.45, 2.75) is 70.1 Å². The fraction of sp³-hybridized carbons (Fsp3) is 0.480. The molecule has 27 heavy (non-hydrogen) atoms. The zero-order valence-corrected chi connectivity index (χ0v) is 16.5. The lowest BCUT2D eigenvalue weighted by molar-refractivity contribution is 0.305. The van der Waals surface area contributed by atoms with Gasteiger partial charge in [0.25, 0.3) is 0 Å². The minimum Gasteiger partial charge on any atom is -0.494 e. The number of unbranched alkanes of at least 4 members (excludes halogenated alkanes) is 3. The summed E-state index contributed by atoms with van der Waals surface area (Å²) in [5.74, 6) is 2.31. The largest absolute Gasteiger partial charge is 0.494 e. The lowest BCUT2D eigenvalue weighted by Crippen LogP contribution is -2.12. The molecular formula is C25H31NO. The van der Waals surface area contributed by atoms with E-state index in [0.717, 1.165) is 24.3 Å². The van der Waals surface area contributed by atoms with Crippen molar-refractivity contribution >= 4 is 0 Å². The van der Waals surface area contributed by atoms with Gasteiger partial charge in [0, 0.05) is 0 Å². The molecule has 0 saturated heterocycles. The van der Waals surface area contributed by atoms with Crippen LogP contribution in [0.5, 0.6) is 5.75 Å². The average Bonchev–Trinajstić information content (AvgIpc) is 2.74. The van der Waals surface area contributed by atoms with E-state index in [1.165, 1.54) is 56.1 Å². The van der Waals surface area contributed by atoms with E-state index in [1.54, 1.807) is 0 Å². The molecule has 2 nitrogen and oxygen atoms in total. The molecule has 1 fully saturated rings. The van der Waals surface area contributed by atoms with Crippen molar-refractivity contribution in [3.63, 3.8) is 0 Å². The first kappa shape index (κ1) is 19.5. The molecule has 1 aliphatic rings. The molecule has 0 radical (unpaired) electrons. The predicted octanol–water partition coefficient (Wildman–Crippen LogP) is 6.96. The van der Waals surface area contributed by atoms with Crippen molar-refractivity contribution in [3.05, 3.63) is 65.2 Å². The van der Waals surface area contributed by atoms with Crippen molar-refractivity contribution in [2.24, 2.45) is 0 Å². The number of nitrogens with zero attached hydrogens (tertiary/aromatic N) is 1. The van der Waals surface area contributed by atoms with Crippen LogP contribution in [0, 0.1) is 11.3 Å². The van der Waals surface area contributed by atoms with E-state index in [1.807, 2.05) is 12.1 Å². The third-order valence-electron chi connectivity index (χ3n) is 5.86. The maximum absolute atomic E-state index is 8.94. The molecule has 0 atom stereocenters. The summed E-state index contributed by atoms with van der Waals surface area (Å²) in [6.07, 6.45) is 9.91. The lowest BCUT2D eigenvalue weighted by Gasteiger charge is -2.29. The van der Waals surface area contributed by atoms with Crippen molar-refractivity contribution in [1.82, 2.24) is 0 Å². The first-order valence-corrected chi connectivity index (χ1v) is 10.5. The van der Waals surface area contributed by atoms with Gasteiger partial charge < -0.3 is 4.74 Å². The van der Waals surface area contributed by atoms with Crippen LogP contribution in [0.4, 0.5) is 0 Å². The van der Waals surface area contributed by atoms with Gasteiger partial charge in [0.1, 0.15) is 5.75 Å². The third kappa shape index (κ3) is 5.60. The fourth-order valence-corrected chi connectivity index (χ4v) is 4.14. The molecule has 1 saturated carbocycles. The molecule has 2 heteroatoms. The van der Waals surface area contributed by atoms with Gasteiger partial charge in [0.05, 0.1) is 18.2 Å². The summed E-state index contributed by atoms with van der Waals surface area (Å²) in [5.41, 5.74) is 3.59. The van der Waals surface area contributed by atoms with Crippen LogP contribution in [0.15, 0.2) is 48.5 Å². The van der Waals surface area contributed by atoms with Crippen LogP contribution in [-0.4, -0.2) is 6.61 Å². The molecule has 0 heterocycles. The Hall–Kier alpha value is -2.27. The monoisotopic (exact) mass is 361 g/mol. The Labute approximate surface area is 164 Å². The zero-order chi connectivity index (χ0) is 18.9. The summed E-state index contributed by atoms with van der Waals surface area (Å²) in [6, 6.07) is 19.2. The van der Waals surface area contributed by atoms with Gasteiger partial charge in [-0.15, -0.1) is 0 Å². The van der Waals surface area contributed by atoms with Gasteiger partial charge in [-0.3, -0.25) is 0 Å². The van der Waals surface area contributed by atoms with Gasteiger partial charge in [-0.05, 0) is 79.3 Å². The van der Waals surface area contributed by atoms with E-state index in [9.17, 15) is 0 Å². The first-order valence-electron chi connectivity index (χ1n) is 10.5. The number of nitriles is 1. The van der Waals surface area contributed by atoms with Crippen LogP contribution >= 0.6 is 0 Å². The molecule has 0 aromatic heterocycles. The molecule has 0 bridgehead atoms. The van der Waals surface area contributed by atoms with Crippen molar-refractivity contribution < 1.29 is 4.74 Å². The normalized spacial score (nSPS) is 19.4. The summed E-state index contributed by atoms with van der Waals surface area (Å²) in [4.78, 5) is 0. The lowest BCUT2D eigenvalue weighted by atomic mass is 9.76. The van der Waals surface area contributed by atoms with Crippen LogP contribution in [0.3, 0.4) is 0 Å². The molecule has 2 aromatic carbocycles. The molecule has 3 rings (SSSR count). The van der Waals surface area contributed by atoms with Crippen molar-refractivity contribution in [2.75, 3.05) is 6.61 Å². The van der Waals surface area contributed by atoms with Gasteiger partial charge in [0.2, 0.25) is 0 Å². The summed E-state index contributed by atoms with van der Waals surface area (Å²) in [6.45, 7) is 3.06. The number of hydrogen-bond donors (Lipinski definition) is 0. The Bertz CT molecular complexity index is 718. The third-order valence-corrected chi connectivity index (χ3v) is 5.86. The van der Waals surface area contributed by atoms with Crippen molar-refractivity contribution in [1.29, 1.82) is 5.26 Å². The van der Waals surface area contributed by atoms with E-state index < -0.39 is 0 Å². The Morgan fingerprint density at radius 2 is 1.37 bits per heavy atom. The number of ether oxygens (including phenoxy) is 1. The smallest absolute Gasteiger partial charge is 0.119 e. The number of rotatable bonds is 8. The highest BCUT2D eigenvalue weighted by atomic mass is 16.5. The maximum atomic E-state index is 8.94. The quantitative estimate of drug-likeness (QED) is 0.476. The molecule has 0 aliphatic heterocycles. The van der Waals surface area contributed by atoms with E-state index in [4.69, 9.17) is 10.00 Å². The fourth-order valence-electron chi connectivity index (χ4n) is 4.14. The summed E-state index contributed by atoms with van der Waals surface area (Å²) < 4.78 is 5.87. The van der Waals surface area contributed by atoms with Gasteiger partial charge >= 0.3 is 0 Å². The van der Waals surface area contributed by atoms with Gasteiger partial charge in [0.15, 0.2) is 0 Å². The molecule has 0 amide bonds. The van der Waals surface area contributed by atoms with Crippen LogP contribution in [-0.2, 0) is 0 Å². The molecule has 1 aliphatic carbocycles. The topological polar surface area (TPSA) is 33.0 Å². The van der Waals surface area contributed by atoms with Crippen LogP contribution in [0.25, 0.3) is 0 Å². The summed E-state index contributed by atoms with van der Waals surface area (Å²) >= 11 is 0. The van der Waals surface area contributed by atoms with Gasteiger partial charge in [-0.25, -0.2) is 0 Å². The zero-order valence-electron chi connectivity index (χ0n) is 16.5. The van der Waals surface area contributed by atoms with E-state index >= 15 is 0 Å². The molecule has 0 spiro atoms. The molecule has 0 unspecified atom stereocenters. The van der Waals surface area contributed by atoms with E-state index in [-0.39, 0.29) is 0 Å². The second kappa shape index (κ2) is 10.2. The second-order valence-corrected chi connectivity index (χ2v) is 7.76. The van der Waals surface area contributed by atoms with Crippen LogP contribution in [0.1, 0.15) is 86.8 Å². The summed E-state index contributed by atoms with van der Waals surface area (Å²) in [5, 5.41) is 8.94. The standard InChI is InChI=1S/C25H31NO/c1-2-3-4-5-18-27-25-16-14-24(15-17-25)23-12-10-22(11-13-23)21-8-6-20(19-26)7-9-21/h6-9,14-17,22-23H,2-5,10-13,18H2,1H3/t22-,23-. The molecule has 2 aromatic rings. The highest BCUT2D eigenvalue weighted by Crippen LogP contribution is 2.40. The Balaban J connectivity index is 1.47. The number of benzene rings is 2. The maximum Gasteiger partial charge on any atom is 0.119 e. The van der Waals surface area contributed by atoms with E-state index in [2.05, 4.69) is 49.4 Å². The second-order valence-electron chi connectivity index (χ2n) is 7.76. The highest BCUT2D eigenvalue weighted by molar-refractivity contribution is 5.34. The SMILES string of the molecule is CCCCCCOc1ccc([C@H]2CC[C@H](c3ccc(C#N)cc3)CC2)cc1. The highest BCUT2D eigenvalue weighted by Gasteiger charge is 2.23. The van der Waals surface area contributed by atoms with E-state index in [0.29, 0.717) is 11.8 Å². The van der Waals surface area contributed by atoms with Crippen LogP contribution in [0.2, 0.25) is 0 Å². The minimum absolute atomic E-state index is 0.639. The van der Waals surface area contributed by atoms with Crippen molar-refractivity contribution in [3.8, 4) is 11.8 Å². The minimum atomic E-state index is 0.639. The average molecular weight is 362 g/mol. The number of hydrogen-bond acceptors (Lipinski definition) is 2. The first-order chi connectivity index (χ1) is 13.3. The summed E-state index contributed by atoms with van der Waals surface area (Å²) in [7, 11) is 0. The molecule has 0 N–H and O–H groups in total. The van der Waals surface area contributed by atoms with Gasteiger partial charge in [-0.1, -0.05) is 50.5 Å². The Morgan fingerprint density at radius 3 is 1.89 bits per heavy atom. The predicted molar refractivity (Wildman–Crippen MR) is 111 cm³/mol. The van der Waals surface area contributed by atoms with Gasteiger partial charge in [-0.2, -0.15) is 5.26 Å². The Morgan fingerprint density at radius 1 is 0.815 bits per heavy atom. The van der Waals surface area contributed by atoms with Crippen LogP contribution < -0.4 is 4.74 Å². The Kier molecular flexibility index (Phi) is 7.34. The molecular weight excluding hydrogens is 330 g/mol. The molecule has 142 valence electrons.